The Kier molecular flexibility index (Phi) is 5.31. The fourth-order valence-electron chi connectivity index (χ4n) is 2.00. The first-order valence-electron chi connectivity index (χ1n) is 6.64. The van der Waals surface area contributed by atoms with Crippen LogP contribution in [0.3, 0.4) is 0 Å². The maximum atomic E-state index is 14.0. The largest absolute Gasteiger partial charge is 0.484 e. The molecule has 2 aromatic carbocycles. The molecule has 0 fully saturated rings. The van der Waals surface area contributed by atoms with E-state index >= 15 is 0 Å². The van der Waals surface area contributed by atoms with Gasteiger partial charge in [0.2, 0.25) is 0 Å². The molecule has 0 saturated carbocycles. The van der Waals surface area contributed by atoms with E-state index in [1.54, 1.807) is 30.3 Å². The summed E-state index contributed by atoms with van der Waals surface area (Å²) in [4.78, 5) is 0. The molecule has 0 spiro atoms. The summed E-state index contributed by atoms with van der Waals surface area (Å²) in [5, 5.41) is 0. The van der Waals surface area contributed by atoms with Crippen LogP contribution in [0.15, 0.2) is 46.9 Å². The van der Waals surface area contributed by atoms with Crippen molar-refractivity contribution in [1.82, 2.24) is 0 Å². The van der Waals surface area contributed by atoms with Crippen LogP contribution in [0.25, 0.3) is 0 Å². The van der Waals surface area contributed by atoms with E-state index in [4.69, 9.17) is 10.5 Å². The van der Waals surface area contributed by atoms with Crippen molar-refractivity contribution in [2.24, 2.45) is 5.73 Å². The Labute approximate surface area is 131 Å². The van der Waals surface area contributed by atoms with Crippen molar-refractivity contribution < 1.29 is 13.5 Å². The highest BCUT2D eigenvalue weighted by molar-refractivity contribution is 9.10. The molecule has 0 radical (unpaired) electrons. The minimum Gasteiger partial charge on any atom is -0.484 e. The van der Waals surface area contributed by atoms with Crippen LogP contribution in [0.5, 0.6) is 5.75 Å². The molecule has 112 valence electrons. The number of hydrogen-bond acceptors (Lipinski definition) is 2. The lowest BCUT2D eigenvalue weighted by Crippen LogP contribution is -2.32. The van der Waals surface area contributed by atoms with E-state index in [1.165, 1.54) is 12.1 Å². The number of ether oxygens (including phenoxy) is 1. The highest BCUT2D eigenvalue weighted by Gasteiger charge is 2.23. The summed E-state index contributed by atoms with van der Waals surface area (Å²) >= 11 is 3.08. The van der Waals surface area contributed by atoms with E-state index < -0.39 is 18.0 Å². The van der Waals surface area contributed by atoms with E-state index in [-0.39, 0.29) is 5.82 Å². The second kappa shape index (κ2) is 7.00. The van der Waals surface area contributed by atoms with Gasteiger partial charge in [0.25, 0.3) is 0 Å². The van der Waals surface area contributed by atoms with Gasteiger partial charge in [0.1, 0.15) is 23.5 Å². The Bertz CT molecular complexity index is 621. The first-order chi connectivity index (χ1) is 10.0. The SMILES string of the molecule is CCC(N)C(Oc1ccc(Br)c(F)c1)c1ccccc1F. The lowest BCUT2D eigenvalue weighted by Gasteiger charge is -2.25. The fourth-order valence-corrected chi connectivity index (χ4v) is 2.24. The number of hydrogen-bond donors (Lipinski definition) is 1. The molecule has 21 heavy (non-hydrogen) atoms. The van der Waals surface area contributed by atoms with Crippen molar-refractivity contribution in [2.75, 3.05) is 0 Å². The van der Waals surface area contributed by atoms with Gasteiger partial charge in [-0.3, -0.25) is 0 Å². The summed E-state index contributed by atoms with van der Waals surface area (Å²) in [7, 11) is 0. The molecular weight excluding hydrogens is 340 g/mol. The van der Waals surface area contributed by atoms with E-state index in [0.29, 0.717) is 22.2 Å². The zero-order valence-corrected chi connectivity index (χ0v) is 13.1. The van der Waals surface area contributed by atoms with E-state index in [1.807, 2.05) is 6.92 Å². The molecule has 2 nitrogen and oxygen atoms in total. The predicted octanol–water partition coefficient (Wildman–Crippen LogP) is 4.58. The molecule has 0 aliphatic carbocycles. The first-order valence-corrected chi connectivity index (χ1v) is 7.44. The third-order valence-electron chi connectivity index (χ3n) is 3.23. The Balaban J connectivity index is 2.33. The Morgan fingerprint density at radius 2 is 1.86 bits per heavy atom. The Morgan fingerprint density at radius 1 is 1.14 bits per heavy atom. The van der Waals surface area contributed by atoms with Gasteiger partial charge in [-0.15, -0.1) is 0 Å². The second-order valence-corrected chi connectivity index (χ2v) is 5.56. The topological polar surface area (TPSA) is 35.2 Å². The molecule has 0 aliphatic rings. The molecule has 2 N–H and O–H groups in total. The average Bonchev–Trinajstić information content (AvgIpc) is 2.48. The summed E-state index contributed by atoms with van der Waals surface area (Å²) in [6.45, 7) is 1.89. The minimum absolute atomic E-state index is 0.313. The summed E-state index contributed by atoms with van der Waals surface area (Å²) in [6, 6.07) is 10.3. The molecule has 0 bridgehead atoms. The lowest BCUT2D eigenvalue weighted by atomic mass is 10.0. The van der Waals surface area contributed by atoms with Crippen molar-refractivity contribution >= 4 is 15.9 Å². The zero-order valence-electron chi connectivity index (χ0n) is 11.5. The minimum atomic E-state index is -0.670. The summed E-state index contributed by atoms with van der Waals surface area (Å²) in [5.41, 5.74) is 6.41. The van der Waals surface area contributed by atoms with Crippen molar-refractivity contribution in [3.05, 3.63) is 64.1 Å². The molecule has 5 heteroatoms. The van der Waals surface area contributed by atoms with Gasteiger partial charge in [0.15, 0.2) is 0 Å². The summed E-state index contributed by atoms with van der Waals surface area (Å²) < 4.78 is 33.6. The first kappa shape index (κ1) is 15.9. The van der Waals surface area contributed by atoms with Gasteiger partial charge in [-0.25, -0.2) is 8.78 Å². The third-order valence-corrected chi connectivity index (χ3v) is 3.87. The normalized spacial score (nSPS) is 13.8. The van der Waals surface area contributed by atoms with E-state index in [2.05, 4.69) is 15.9 Å². The molecule has 2 rings (SSSR count). The van der Waals surface area contributed by atoms with Gasteiger partial charge in [0, 0.05) is 17.7 Å². The Hall–Kier alpha value is -1.46. The van der Waals surface area contributed by atoms with Gasteiger partial charge in [0.05, 0.1) is 4.47 Å². The molecule has 2 unspecified atom stereocenters. The van der Waals surface area contributed by atoms with E-state index in [9.17, 15) is 8.78 Å². The molecule has 0 aliphatic heterocycles. The number of halogens is 3. The monoisotopic (exact) mass is 355 g/mol. The van der Waals surface area contributed by atoms with Gasteiger partial charge in [-0.1, -0.05) is 25.1 Å². The van der Waals surface area contributed by atoms with Crippen molar-refractivity contribution in [2.45, 2.75) is 25.5 Å². The van der Waals surface area contributed by atoms with Crippen LogP contribution in [0.4, 0.5) is 8.78 Å². The second-order valence-electron chi connectivity index (χ2n) is 4.71. The van der Waals surface area contributed by atoms with Gasteiger partial charge < -0.3 is 10.5 Å². The van der Waals surface area contributed by atoms with Crippen molar-refractivity contribution in [3.8, 4) is 5.75 Å². The molecule has 0 amide bonds. The molecule has 0 aromatic heterocycles. The fraction of sp³-hybridized carbons (Fsp3) is 0.250. The van der Waals surface area contributed by atoms with Crippen molar-refractivity contribution in [1.29, 1.82) is 0 Å². The average molecular weight is 356 g/mol. The van der Waals surface area contributed by atoms with Crippen LogP contribution < -0.4 is 10.5 Å². The quantitative estimate of drug-likeness (QED) is 0.851. The van der Waals surface area contributed by atoms with Crippen LogP contribution in [-0.2, 0) is 0 Å². The van der Waals surface area contributed by atoms with Gasteiger partial charge in [-0.05, 0) is 40.5 Å². The number of rotatable bonds is 5. The molecule has 0 heterocycles. The van der Waals surface area contributed by atoms with Crippen LogP contribution in [-0.4, -0.2) is 6.04 Å². The van der Waals surface area contributed by atoms with E-state index in [0.717, 1.165) is 0 Å². The molecule has 2 aromatic rings. The molecule has 0 saturated heterocycles. The maximum Gasteiger partial charge on any atom is 0.142 e. The maximum absolute atomic E-state index is 14.0. The van der Waals surface area contributed by atoms with Crippen LogP contribution in [0.1, 0.15) is 25.0 Å². The highest BCUT2D eigenvalue weighted by Crippen LogP contribution is 2.29. The van der Waals surface area contributed by atoms with Crippen LogP contribution >= 0.6 is 15.9 Å². The highest BCUT2D eigenvalue weighted by atomic mass is 79.9. The van der Waals surface area contributed by atoms with Crippen LogP contribution in [0, 0.1) is 11.6 Å². The number of nitrogens with two attached hydrogens (primary N) is 1. The van der Waals surface area contributed by atoms with Crippen LogP contribution in [0.2, 0.25) is 0 Å². The number of benzene rings is 2. The molecule has 2 atom stereocenters. The zero-order chi connectivity index (χ0) is 15.4. The summed E-state index contributed by atoms with van der Waals surface area (Å²) in [5.74, 6) is -0.512. The third kappa shape index (κ3) is 3.80. The smallest absolute Gasteiger partial charge is 0.142 e. The van der Waals surface area contributed by atoms with Gasteiger partial charge >= 0.3 is 0 Å². The summed E-state index contributed by atoms with van der Waals surface area (Å²) in [6.07, 6.45) is -0.0605. The predicted molar refractivity (Wildman–Crippen MR) is 82.1 cm³/mol. The Morgan fingerprint density at radius 3 is 2.48 bits per heavy atom. The standard InChI is InChI=1S/C16H16BrF2NO/c1-2-15(20)16(11-5-3-4-6-13(11)18)21-10-7-8-12(17)14(19)9-10/h3-9,15-16H,2,20H2,1H3. The van der Waals surface area contributed by atoms with Gasteiger partial charge in [-0.2, -0.15) is 0 Å². The van der Waals surface area contributed by atoms with Crippen molar-refractivity contribution in [3.63, 3.8) is 0 Å². The lowest BCUT2D eigenvalue weighted by molar-refractivity contribution is 0.166. The molecular formula is C16H16BrF2NO.